The molecule has 1 spiro atoms. The van der Waals surface area contributed by atoms with E-state index in [1.165, 1.54) is 47.9 Å². The second-order valence-corrected chi connectivity index (χ2v) is 12.5. The van der Waals surface area contributed by atoms with Gasteiger partial charge in [-0.2, -0.15) is 0 Å². The predicted molar refractivity (Wildman–Crippen MR) is 154 cm³/mol. The molecule has 2 heteroatoms. The fraction of sp³-hybridized carbons (Fsp3) is 0.314. The van der Waals surface area contributed by atoms with E-state index < -0.39 is 0 Å². The Labute approximate surface area is 223 Å². The van der Waals surface area contributed by atoms with Gasteiger partial charge in [0, 0.05) is 16.2 Å². The summed E-state index contributed by atoms with van der Waals surface area (Å²) < 4.78 is 6.12. The van der Waals surface area contributed by atoms with Crippen molar-refractivity contribution in [1.82, 2.24) is 0 Å². The van der Waals surface area contributed by atoms with Crippen molar-refractivity contribution >= 4 is 33.5 Å². The lowest BCUT2D eigenvalue weighted by Crippen LogP contribution is -2.49. The Morgan fingerprint density at radius 2 is 1.54 bits per heavy atom. The van der Waals surface area contributed by atoms with Crippen LogP contribution in [0.15, 0.2) is 83.3 Å². The minimum Gasteiger partial charge on any atom is -0.454 e. The number of hydrogen-bond donors (Lipinski definition) is 0. The molecule has 5 aromatic rings. The van der Waals surface area contributed by atoms with Crippen LogP contribution in [-0.2, 0) is 5.41 Å². The van der Waals surface area contributed by atoms with Gasteiger partial charge in [0.1, 0.15) is 5.58 Å². The molecule has 5 unspecified atom stereocenters. The van der Waals surface area contributed by atoms with Crippen molar-refractivity contribution in [1.29, 1.82) is 0 Å². The predicted octanol–water partition coefficient (Wildman–Crippen LogP) is 10.3. The minimum atomic E-state index is 0.118. The minimum absolute atomic E-state index is 0.118. The first kappa shape index (κ1) is 22.0. The van der Waals surface area contributed by atoms with Gasteiger partial charge >= 0.3 is 0 Å². The van der Waals surface area contributed by atoms with Crippen LogP contribution < -0.4 is 0 Å². The summed E-state index contributed by atoms with van der Waals surface area (Å²) in [7, 11) is 0. The molecule has 5 atom stereocenters. The van der Waals surface area contributed by atoms with Crippen LogP contribution >= 0.6 is 11.6 Å². The van der Waals surface area contributed by atoms with Crippen LogP contribution in [0.25, 0.3) is 44.2 Å². The molecule has 0 N–H and O–H groups in total. The Kier molecular flexibility index (Phi) is 4.60. The van der Waals surface area contributed by atoms with Gasteiger partial charge in [-0.25, -0.2) is 0 Å². The van der Waals surface area contributed by atoms with E-state index in [2.05, 4.69) is 80.6 Å². The molecule has 37 heavy (non-hydrogen) atoms. The maximum atomic E-state index is 6.45. The Bertz CT molecular complexity index is 1710. The lowest BCUT2D eigenvalue weighted by atomic mass is 9.49. The number of halogens is 1. The van der Waals surface area contributed by atoms with Gasteiger partial charge in [0.2, 0.25) is 0 Å². The van der Waals surface area contributed by atoms with Crippen molar-refractivity contribution in [3.63, 3.8) is 0 Å². The van der Waals surface area contributed by atoms with Crippen LogP contribution in [0.5, 0.6) is 0 Å². The van der Waals surface area contributed by atoms with Crippen LogP contribution in [0.4, 0.5) is 0 Å². The largest absolute Gasteiger partial charge is 0.454 e. The zero-order valence-electron chi connectivity index (χ0n) is 21.4. The smallest absolute Gasteiger partial charge is 0.153 e. The highest BCUT2D eigenvalue weighted by Gasteiger charge is 2.56. The third-order valence-corrected chi connectivity index (χ3v) is 10.4. The second-order valence-electron chi connectivity index (χ2n) is 12.1. The summed E-state index contributed by atoms with van der Waals surface area (Å²) in [5.74, 6) is 3.06. The fourth-order valence-electron chi connectivity index (χ4n) is 8.84. The highest BCUT2D eigenvalue weighted by Crippen LogP contribution is 2.64. The SMILES string of the molecule is CC1CC2CC(C)C3(c4ccccc4-c4ccc(-c5ccc6oc7c(Cl)cccc7c6c5)cc43)C(C1)C2. The third kappa shape index (κ3) is 2.93. The van der Waals surface area contributed by atoms with E-state index in [9.17, 15) is 0 Å². The van der Waals surface area contributed by atoms with E-state index in [4.69, 9.17) is 16.0 Å². The number of benzene rings is 4. The Hall–Kier alpha value is -3.03. The summed E-state index contributed by atoms with van der Waals surface area (Å²) in [6.07, 6.45) is 5.47. The highest BCUT2D eigenvalue weighted by atomic mass is 35.5. The van der Waals surface area contributed by atoms with Crippen LogP contribution in [-0.4, -0.2) is 0 Å². The van der Waals surface area contributed by atoms with Gasteiger partial charge in [-0.3, -0.25) is 0 Å². The van der Waals surface area contributed by atoms with Crippen molar-refractivity contribution in [2.24, 2.45) is 23.7 Å². The molecule has 2 saturated carbocycles. The zero-order chi connectivity index (χ0) is 24.9. The molecule has 0 amide bonds. The van der Waals surface area contributed by atoms with Crippen molar-refractivity contribution < 1.29 is 4.42 Å². The summed E-state index contributed by atoms with van der Waals surface area (Å²) in [5, 5.41) is 2.87. The Morgan fingerprint density at radius 3 is 2.46 bits per heavy atom. The maximum absolute atomic E-state index is 6.45. The molecule has 2 fully saturated rings. The van der Waals surface area contributed by atoms with Gasteiger partial charge in [0.25, 0.3) is 0 Å². The Morgan fingerprint density at radius 1 is 0.730 bits per heavy atom. The molecule has 1 aromatic heterocycles. The normalized spacial score (nSPS) is 28.1. The topological polar surface area (TPSA) is 13.1 Å². The number of rotatable bonds is 1. The molecule has 4 aromatic carbocycles. The van der Waals surface area contributed by atoms with Crippen LogP contribution in [0.1, 0.15) is 50.7 Å². The van der Waals surface area contributed by atoms with Gasteiger partial charge in [0.15, 0.2) is 5.58 Å². The summed E-state index contributed by atoms with van der Waals surface area (Å²) >= 11 is 6.45. The van der Waals surface area contributed by atoms with E-state index in [1.807, 2.05) is 12.1 Å². The Balaban J connectivity index is 1.34. The number of furan rings is 1. The fourth-order valence-corrected chi connectivity index (χ4v) is 9.05. The molecule has 3 aliphatic rings. The number of fused-ring (bicyclic) bond motifs is 11. The van der Waals surface area contributed by atoms with E-state index in [-0.39, 0.29) is 5.41 Å². The summed E-state index contributed by atoms with van der Waals surface area (Å²) in [6, 6.07) is 29.2. The molecule has 184 valence electrons. The van der Waals surface area contributed by atoms with Crippen molar-refractivity contribution in [3.8, 4) is 22.3 Å². The van der Waals surface area contributed by atoms with Crippen molar-refractivity contribution in [3.05, 3.63) is 95.0 Å². The van der Waals surface area contributed by atoms with Crippen LogP contribution in [0.2, 0.25) is 5.02 Å². The van der Waals surface area contributed by atoms with Gasteiger partial charge in [-0.15, -0.1) is 0 Å². The lowest BCUT2D eigenvalue weighted by molar-refractivity contribution is 0.0426. The molecule has 0 aliphatic heterocycles. The summed E-state index contributed by atoms with van der Waals surface area (Å²) in [6.45, 7) is 5.03. The molecule has 0 saturated heterocycles. The van der Waals surface area contributed by atoms with Crippen molar-refractivity contribution in [2.45, 2.75) is 44.9 Å². The number of hydrogen-bond acceptors (Lipinski definition) is 1. The van der Waals surface area contributed by atoms with Gasteiger partial charge in [0.05, 0.1) is 5.02 Å². The molecule has 0 radical (unpaired) electrons. The first-order valence-electron chi connectivity index (χ1n) is 13.9. The van der Waals surface area contributed by atoms with E-state index in [1.54, 1.807) is 11.1 Å². The van der Waals surface area contributed by atoms with Gasteiger partial charge in [-0.05, 0) is 107 Å². The molecule has 2 bridgehead atoms. The molecule has 1 heterocycles. The maximum Gasteiger partial charge on any atom is 0.153 e. The van der Waals surface area contributed by atoms with E-state index in [0.717, 1.165) is 33.8 Å². The quantitative estimate of drug-likeness (QED) is 0.222. The van der Waals surface area contributed by atoms with E-state index >= 15 is 0 Å². The van der Waals surface area contributed by atoms with Crippen LogP contribution in [0, 0.1) is 23.7 Å². The van der Waals surface area contributed by atoms with Crippen LogP contribution in [0.3, 0.4) is 0 Å². The highest BCUT2D eigenvalue weighted by molar-refractivity contribution is 6.35. The van der Waals surface area contributed by atoms with Gasteiger partial charge < -0.3 is 4.42 Å². The molecule has 3 aliphatic carbocycles. The molecule has 1 nitrogen and oxygen atoms in total. The summed E-state index contributed by atoms with van der Waals surface area (Å²) in [5.41, 5.74) is 10.4. The first-order valence-corrected chi connectivity index (χ1v) is 14.3. The molecular weight excluding hydrogens is 472 g/mol. The third-order valence-electron chi connectivity index (χ3n) is 10.1. The van der Waals surface area contributed by atoms with Crippen molar-refractivity contribution in [2.75, 3.05) is 0 Å². The molecular formula is C35H31ClO. The summed E-state index contributed by atoms with van der Waals surface area (Å²) in [4.78, 5) is 0. The second kappa shape index (κ2) is 7.74. The monoisotopic (exact) mass is 502 g/mol. The lowest BCUT2D eigenvalue weighted by Gasteiger charge is -2.54. The standard InChI is InChI=1S/C35H31ClO/c1-20-14-22-16-21(2)35(25(15-20)17-22)30-8-4-3-6-26(30)27-12-10-24(19-31(27)35)23-11-13-33-29(18-23)28-7-5-9-32(36)34(28)37-33/h3-13,18-22,25H,14-17H2,1-2H3. The first-order chi connectivity index (χ1) is 18.0. The average molecular weight is 503 g/mol. The average Bonchev–Trinajstić information content (AvgIpc) is 3.42. The van der Waals surface area contributed by atoms with E-state index in [0.29, 0.717) is 16.9 Å². The number of para-hydroxylation sites is 1. The molecule has 8 rings (SSSR count). The zero-order valence-corrected chi connectivity index (χ0v) is 22.2. The van der Waals surface area contributed by atoms with Gasteiger partial charge in [-0.1, -0.05) is 80.0 Å².